The van der Waals surface area contributed by atoms with E-state index in [4.69, 9.17) is 9.47 Å². The van der Waals surface area contributed by atoms with Crippen molar-refractivity contribution in [3.63, 3.8) is 0 Å². The van der Waals surface area contributed by atoms with Crippen molar-refractivity contribution >= 4 is 5.91 Å². The van der Waals surface area contributed by atoms with E-state index in [2.05, 4.69) is 36.2 Å². The summed E-state index contributed by atoms with van der Waals surface area (Å²) in [4.78, 5) is 14.5. The van der Waals surface area contributed by atoms with E-state index in [-0.39, 0.29) is 18.1 Å². The number of fused-ring (bicyclic) bond motifs is 1. The lowest BCUT2D eigenvalue weighted by atomic mass is 9.76. The molecule has 2 aliphatic heterocycles. The van der Waals surface area contributed by atoms with E-state index in [0.29, 0.717) is 13.0 Å². The summed E-state index contributed by atoms with van der Waals surface area (Å²) in [5.74, 6) is 2.67. The molecule has 1 aromatic heterocycles. The van der Waals surface area contributed by atoms with Crippen molar-refractivity contribution in [2.75, 3.05) is 13.3 Å². The smallest absolute Gasteiger partial charge is 0.231 e. The van der Waals surface area contributed by atoms with Crippen LogP contribution in [0.2, 0.25) is 0 Å². The minimum Gasteiger partial charge on any atom is -0.454 e. The van der Waals surface area contributed by atoms with E-state index < -0.39 is 0 Å². The van der Waals surface area contributed by atoms with Gasteiger partial charge in [0.05, 0.1) is 6.54 Å². The van der Waals surface area contributed by atoms with Crippen LogP contribution in [0.3, 0.4) is 0 Å². The molecule has 7 nitrogen and oxygen atoms in total. The zero-order chi connectivity index (χ0) is 18.9. The molecule has 0 bridgehead atoms. The van der Waals surface area contributed by atoms with Gasteiger partial charge in [0.2, 0.25) is 12.7 Å². The van der Waals surface area contributed by atoms with Gasteiger partial charge in [-0.05, 0) is 42.4 Å². The lowest BCUT2D eigenvalue weighted by molar-refractivity contribution is -0.138. The first kappa shape index (κ1) is 17.8. The second-order valence-electron chi connectivity index (χ2n) is 7.87. The SMILES string of the molecule is CCCn1cnnc1CN1C[C@@](C)(Cc2ccc3c(c2)OCO3)CCC1=O. The fraction of sp³-hybridized carbons (Fsp3) is 0.550. The fourth-order valence-corrected chi connectivity index (χ4v) is 4.03. The van der Waals surface area contributed by atoms with Crippen LogP contribution in [0, 0.1) is 5.41 Å². The van der Waals surface area contributed by atoms with Gasteiger partial charge in [0.1, 0.15) is 6.33 Å². The predicted octanol–water partition coefficient (Wildman–Crippen LogP) is 2.79. The first-order valence-corrected chi connectivity index (χ1v) is 9.59. The number of ether oxygens (including phenoxy) is 2. The molecule has 0 aliphatic carbocycles. The third-order valence-corrected chi connectivity index (χ3v) is 5.43. The molecular weight excluding hydrogens is 344 g/mol. The number of likely N-dealkylation sites (tertiary alicyclic amines) is 1. The summed E-state index contributed by atoms with van der Waals surface area (Å²) in [6.45, 7) is 6.79. The van der Waals surface area contributed by atoms with Crippen molar-refractivity contribution in [2.24, 2.45) is 5.41 Å². The van der Waals surface area contributed by atoms with Gasteiger partial charge in [0.15, 0.2) is 17.3 Å². The first-order valence-electron chi connectivity index (χ1n) is 9.59. The first-order chi connectivity index (χ1) is 13.1. The topological polar surface area (TPSA) is 69.5 Å². The number of aromatic nitrogens is 3. The summed E-state index contributed by atoms with van der Waals surface area (Å²) in [6.07, 6.45) is 5.12. The summed E-state index contributed by atoms with van der Waals surface area (Å²) < 4.78 is 12.9. The summed E-state index contributed by atoms with van der Waals surface area (Å²) >= 11 is 0. The average molecular weight is 370 g/mol. The van der Waals surface area contributed by atoms with Gasteiger partial charge < -0.3 is 18.9 Å². The van der Waals surface area contributed by atoms with Crippen LogP contribution < -0.4 is 9.47 Å². The Morgan fingerprint density at radius 2 is 2.11 bits per heavy atom. The molecule has 4 rings (SSSR count). The molecule has 1 aromatic carbocycles. The monoisotopic (exact) mass is 370 g/mol. The van der Waals surface area contributed by atoms with Crippen LogP contribution in [-0.4, -0.2) is 38.9 Å². The number of benzene rings is 1. The number of hydrogen-bond donors (Lipinski definition) is 0. The minimum absolute atomic E-state index is 0.0250. The molecule has 3 heterocycles. The standard InChI is InChI=1S/C20H26N4O3/c1-3-8-23-13-21-22-18(23)11-24-12-20(2,7-6-19(24)25)10-15-4-5-16-17(9-15)27-14-26-16/h4-5,9,13H,3,6-8,10-12,14H2,1-2H3/t20-/m1/s1. The maximum Gasteiger partial charge on any atom is 0.231 e. The minimum atomic E-state index is 0.0250. The Morgan fingerprint density at radius 3 is 2.96 bits per heavy atom. The Kier molecular flexibility index (Phi) is 4.76. The molecule has 1 fully saturated rings. The Morgan fingerprint density at radius 1 is 1.26 bits per heavy atom. The summed E-state index contributed by atoms with van der Waals surface area (Å²) in [6, 6.07) is 6.13. The van der Waals surface area contributed by atoms with Gasteiger partial charge in [0, 0.05) is 19.5 Å². The Labute approximate surface area is 159 Å². The number of piperidine rings is 1. The third kappa shape index (κ3) is 3.77. The van der Waals surface area contributed by atoms with E-state index in [9.17, 15) is 4.79 Å². The zero-order valence-electron chi connectivity index (χ0n) is 16.0. The van der Waals surface area contributed by atoms with Crippen LogP contribution in [-0.2, 0) is 24.3 Å². The van der Waals surface area contributed by atoms with Crippen molar-refractivity contribution in [3.05, 3.63) is 35.9 Å². The molecule has 1 atom stereocenters. The molecule has 0 unspecified atom stereocenters. The van der Waals surface area contributed by atoms with E-state index in [1.54, 1.807) is 6.33 Å². The molecule has 1 saturated heterocycles. The normalized spacial score (nSPS) is 21.7. The van der Waals surface area contributed by atoms with Gasteiger partial charge in [-0.3, -0.25) is 4.79 Å². The second-order valence-corrected chi connectivity index (χ2v) is 7.87. The van der Waals surface area contributed by atoms with Crippen LogP contribution >= 0.6 is 0 Å². The number of amides is 1. The van der Waals surface area contributed by atoms with E-state index in [0.717, 1.165) is 49.7 Å². The van der Waals surface area contributed by atoms with Crippen molar-refractivity contribution in [1.29, 1.82) is 0 Å². The van der Waals surface area contributed by atoms with Crippen molar-refractivity contribution < 1.29 is 14.3 Å². The van der Waals surface area contributed by atoms with E-state index in [1.165, 1.54) is 5.56 Å². The van der Waals surface area contributed by atoms with Crippen LogP contribution in [0.25, 0.3) is 0 Å². The number of rotatable bonds is 6. The highest BCUT2D eigenvalue weighted by atomic mass is 16.7. The number of aryl methyl sites for hydroxylation is 1. The van der Waals surface area contributed by atoms with Gasteiger partial charge in [-0.25, -0.2) is 0 Å². The lowest BCUT2D eigenvalue weighted by Gasteiger charge is -2.40. The Balaban J connectivity index is 1.47. The van der Waals surface area contributed by atoms with Gasteiger partial charge in [0.25, 0.3) is 0 Å². The van der Waals surface area contributed by atoms with Gasteiger partial charge in [-0.15, -0.1) is 10.2 Å². The van der Waals surface area contributed by atoms with Crippen molar-refractivity contribution in [2.45, 2.75) is 52.6 Å². The van der Waals surface area contributed by atoms with Gasteiger partial charge in [-0.1, -0.05) is 19.9 Å². The number of hydrogen-bond acceptors (Lipinski definition) is 5. The molecule has 0 spiro atoms. The number of carbonyl (C=O) groups is 1. The van der Waals surface area contributed by atoms with E-state index in [1.807, 2.05) is 15.5 Å². The number of carbonyl (C=O) groups excluding carboxylic acids is 1. The van der Waals surface area contributed by atoms with Crippen LogP contribution in [0.15, 0.2) is 24.5 Å². The van der Waals surface area contributed by atoms with Crippen molar-refractivity contribution in [3.8, 4) is 11.5 Å². The predicted molar refractivity (Wildman–Crippen MR) is 99.3 cm³/mol. The van der Waals surface area contributed by atoms with E-state index >= 15 is 0 Å². The third-order valence-electron chi connectivity index (χ3n) is 5.43. The van der Waals surface area contributed by atoms with Crippen LogP contribution in [0.5, 0.6) is 11.5 Å². The summed E-state index contributed by atoms with van der Waals surface area (Å²) in [7, 11) is 0. The molecule has 144 valence electrons. The van der Waals surface area contributed by atoms with Gasteiger partial charge >= 0.3 is 0 Å². The molecule has 27 heavy (non-hydrogen) atoms. The maximum absolute atomic E-state index is 12.5. The molecular formula is C20H26N4O3. The summed E-state index contributed by atoms with van der Waals surface area (Å²) in [5, 5.41) is 8.24. The maximum atomic E-state index is 12.5. The number of nitrogens with zero attached hydrogens (tertiary/aromatic N) is 4. The fourth-order valence-electron chi connectivity index (χ4n) is 4.03. The largest absolute Gasteiger partial charge is 0.454 e. The molecule has 0 N–H and O–H groups in total. The van der Waals surface area contributed by atoms with Crippen LogP contribution in [0.1, 0.15) is 44.5 Å². The zero-order valence-corrected chi connectivity index (χ0v) is 16.0. The Bertz CT molecular complexity index is 834. The quantitative estimate of drug-likeness (QED) is 0.782. The molecule has 2 aromatic rings. The molecule has 7 heteroatoms. The molecule has 1 amide bonds. The molecule has 0 radical (unpaired) electrons. The second kappa shape index (κ2) is 7.21. The highest BCUT2D eigenvalue weighted by Gasteiger charge is 2.36. The van der Waals surface area contributed by atoms with Gasteiger partial charge in [-0.2, -0.15) is 0 Å². The van der Waals surface area contributed by atoms with Crippen molar-refractivity contribution in [1.82, 2.24) is 19.7 Å². The summed E-state index contributed by atoms with van der Waals surface area (Å²) in [5.41, 5.74) is 1.24. The van der Waals surface area contributed by atoms with Crippen LogP contribution in [0.4, 0.5) is 0 Å². The Hall–Kier alpha value is -2.57. The molecule has 2 aliphatic rings. The lowest BCUT2D eigenvalue weighted by Crippen LogP contribution is -2.46. The highest BCUT2D eigenvalue weighted by molar-refractivity contribution is 5.77. The highest BCUT2D eigenvalue weighted by Crippen LogP contribution is 2.38. The average Bonchev–Trinajstić information content (AvgIpc) is 3.28. The molecule has 0 saturated carbocycles.